The van der Waals surface area contributed by atoms with Gasteiger partial charge in [0.25, 0.3) is 0 Å². The minimum absolute atomic E-state index is 0.265. The largest absolute Gasteiger partial charge is 0.465 e. The SMILES string of the molecule is COC(=O)c1cc(N2CCc3ccccc32)cs1. The normalized spacial score (nSPS) is 13.5. The lowest BCUT2D eigenvalue weighted by molar-refractivity contribution is 0.0606. The molecule has 0 aliphatic carbocycles. The van der Waals surface area contributed by atoms with E-state index < -0.39 is 0 Å². The van der Waals surface area contributed by atoms with Gasteiger partial charge in [-0.05, 0) is 24.1 Å². The molecule has 0 saturated carbocycles. The molecule has 2 aromatic rings. The minimum Gasteiger partial charge on any atom is -0.465 e. The van der Waals surface area contributed by atoms with Crippen molar-refractivity contribution in [1.82, 2.24) is 0 Å². The molecule has 0 saturated heterocycles. The molecule has 0 amide bonds. The molecule has 0 radical (unpaired) electrons. The molecule has 0 bridgehead atoms. The van der Waals surface area contributed by atoms with Crippen LogP contribution in [0.2, 0.25) is 0 Å². The highest BCUT2D eigenvalue weighted by Crippen LogP contribution is 2.36. The summed E-state index contributed by atoms with van der Waals surface area (Å²) in [6, 6.07) is 10.3. The van der Waals surface area contributed by atoms with Gasteiger partial charge in [0.15, 0.2) is 0 Å². The number of thiophene rings is 1. The monoisotopic (exact) mass is 259 g/mol. The van der Waals surface area contributed by atoms with Gasteiger partial charge in [-0.2, -0.15) is 0 Å². The molecular formula is C14H13NO2S. The van der Waals surface area contributed by atoms with Crippen molar-refractivity contribution in [2.24, 2.45) is 0 Å². The number of anilines is 2. The van der Waals surface area contributed by atoms with Crippen molar-refractivity contribution in [1.29, 1.82) is 0 Å². The van der Waals surface area contributed by atoms with Gasteiger partial charge in [-0.25, -0.2) is 4.79 Å². The fourth-order valence-electron chi connectivity index (χ4n) is 2.28. The van der Waals surface area contributed by atoms with E-state index in [0.717, 1.165) is 18.7 Å². The number of carbonyl (C=O) groups excluding carboxylic acids is 1. The van der Waals surface area contributed by atoms with Crippen molar-refractivity contribution >= 4 is 28.7 Å². The molecule has 1 aliphatic rings. The minimum atomic E-state index is -0.265. The molecule has 0 atom stereocenters. The van der Waals surface area contributed by atoms with Crippen LogP contribution in [0.1, 0.15) is 15.2 Å². The van der Waals surface area contributed by atoms with Crippen molar-refractivity contribution in [3.8, 4) is 0 Å². The van der Waals surface area contributed by atoms with Crippen LogP contribution in [0, 0.1) is 0 Å². The van der Waals surface area contributed by atoms with Crippen LogP contribution in [-0.2, 0) is 11.2 Å². The lowest BCUT2D eigenvalue weighted by Crippen LogP contribution is -2.12. The fourth-order valence-corrected chi connectivity index (χ4v) is 3.09. The van der Waals surface area contributed by atoms with Crippen LogP contribution >= 0.6 is 11.3 Å². The Morgan fingerprint density at radius 1 is 1.39 bits per heavy atom. The maximum Gasteiger partial charge on any atom is 0.348 e. The number of ether oxygens (including phenoxy) is 1. The molecule has 0 N–H and O–H groups in total. The maximum absolute atomic E-state index is 11.5. The van der Waals surface area contributed by atoms with E-state index in [1.165, 1.54) is 29.7 Å². The summed E-state index contributed by atoms with van der Waals surface area (Å²) in [4.78, 5) is 14.4. The second-order valence-corrected chi connectivity index (χ2v) is 5.10. The van der Waals surface area contributed by atoms with E-state index in [1.54, 1.807) is 0 Å². The summed E-state index contributed by atoms with van der Waals surface area (Å²) in [7, 11) is 1.41. The first-order chi connectivity index (χ1) is 8.79. The average molecular weight is 259 g/mol. The van der Waals surface area contributed by atoms with E-state index in [4.69, 9.17) is 4.74 Å². The highest BCUT2D eigenvalue weighted by Gasteiger charge is 2.21. The number of methoxy groups -OCH3 is 1. The van der Waals surface area contributed by atoms with Gasteiger partial charge in [0.1, 0.15) is 4.88 Å². The number of carbonyl (C=O) groups is 1. The van der Waals surface area contributed by atoms with Gasteiger partial charge in [0.05, 0.1) is 12.8 Å². The third kappa shape index (κ3) is 1.78. The van der Waals surface area contributed by atoms with Gasteiger partial charge in [-0.3, -0.25) is 0 Å². The third-order valence-corrected chi connectivity index (χ3v) is 4.07. The Bertz CT molecular complexity index is 591. The summed E-state index contributed by atoms with van der Waals surface area (Å²) in [5, 5.41) is 2.01. The zero-order chi connectivity index (χ0) is 12.5. The van der Waals surface area contributed by atoms with Crippen LogP contribution in [0.3, 0.4) is 0 Å². The first-order valence-electron chi connectivity index (χ1n) is 5.82. The molecule has 1 aromatic heterocycles. The zero-order valence-corrected chi connectivity index (χ0v) is 10.9. The number of fused-ring (bicyclic) bond motifs is 1. The Kier molecular flexibility index (Phi) is 2.80. The first-order valence-corrected chi connectivity index (χ1v) is 6.70. The Hall–Kier alpha value is -1.81. The number of para-hydroxylation sites is 1. The average Bonchev–Trinajstić information content (AvgIpc) is 3.03. The van der Waals surface area contributed by atoms with Gasteiger partial charge in [0, 0.05) is 17.6 Å². The first kappa shape index (κ1) is 11.3. The van der Waals surface area contributed by atoms with Crippen LogP contribution in [0.15, 0.2) is 35.7 Å². The van der Waals surface area contributed by atoms with Crippen molar-refractivity contribution in [2.75, 3.05) is 18.6 Å². The van der Waals surface area contributed by atoms with E-state index in [9.17, 15) is 4.79 Å². The highest BCUT2D eigenvalue weighted by molar-refractivity contribution is 7.12. The summed E-state index contributed by atoms with van der Waals surface area (Å²) in [5.41, 5.74) is 3.68. The van der Waals surface area contributed by atoms with Crippen LogP contribution in [0.25, 0.3) is 0 Å². The smallest absolute Gasteiger partial charge is 0.348 e. The summed E-state index contributed by atoms with van der Waals surface area (Å²) in [6.45, 7) is 0.969. The molecule has 2 heterocycles. The standard InChI is InChI=1S/C14H13NO2S/c1-17-14(16)13-8-11(9-18-13)15-7-6-10-4-2-3-5-12(10)15/h2-5,8-9H,6-7H2,1H3. The van der Waals surface area contributed by atoms with Crippen LogP contribution < -0.4 is 4.90 Å². The number of esters is 1. The van der Waals surface area contributed by atoms with Gasteiger partial charge in [-0.1, -0.05) is 18.2 Å². The zero-order valence-electron chi connectivity index (χ0n) is 10.1. The fraction of sp³-hybridized carbons (Fsp3) is 0.214. The number of nitrogens with zero attached hydrogens (tertiary/aromatic N) is 1. The van der Waals surface area contributed by atoms with Gasteiger partial charge < -0.3 is 9.64 Å². The predicted molar refractivity (Wildman–Crippen MR) is 72.8 cm³/mol. The van der Waals surface area contributed by atoms with E-state index in [2.05, 4.69) is 23.1 Å². The third-order valence-electron chi connectivity index (χ3n) is 3.17. The molecule has 4 heteroatoms. The van der Waals surface area contributed by atoms with Crippen molar-refractivity contribution in [3.63, 3.8) is 0 Å². The number of benzene rings is 1. The summed E-state index contributed by atoms with van der Waals surface area (Å²) < 4.78 is 4.73. The Labute approximate surface area is 110 Å². The molecule has 3 rings (SSSR count). The molecule has 0 fully saturated rings. The van der Waals surface area contributed by atoms with Crippen molar-refractivity contribution < 1.29 is 9.53 Å². The van der Waals surface area contributed by atoms with Crippen LogP contribution in [0.4, 0.5) is 11.4 Å². The Morgan fingerprint density at radius 2 is 2.22 bits per heavy atom. The molecule has 3 nitrogen and oxygen atoms in total. The number of rotatable bonds is 2. The van der Waals surface area contributed by atoms with E-state index in [1.807, 2.05) is 17.5 Å². The number of hydrogen-bond donors (Lipinski definition) is 0. The van der Waals surface area contributed by atoms with Gasteiger partial charge >= 0.3 is 5.97 Å². The molecular weight excluding hydrogens is 246 g/mol. The second kappa shape index (κ2) is 4.46. The van der Waals surface area contributed by atoms with Gasteiger partial charge in [0.2, 0.25) is 0 Å². The second-order valence-electron chi connectivity index (χ2n) is 4.19. The van der Waals surface area contributed by atoms with E-state index in [-0.39, 0.29) is 5.97 Å². The molecule has 0 spiro atoms. The quantitative estimate of drug-likeness (QED) is 0.775. The summed E-state index contributed by atoms with van der Waals surface area (Å²) in [5.74, 6) is -0.265. The highest BCUT2D eigenvalue weighted by atomic mass is 32.1. The van der Waals surface area contributed by atoms with Crippen LogP contribution in [-0.4, -0.2) is 19.6 Å². The summed E-state index contributed by atoms with van der Waals surface area (Å²) in [6.07, 6.45) is 1.06. The van der Waals surface area contributed by atoms with Crippen LogP contribution in [0.5, 0.6) is 0 Å². The molecule has 18 heavy (non-hydrogen) atoms. The number of hydrogen-bond acceptors (Lipinski definition) is 4. The molecule has 1 aromatic carbocycles. The Balaban J connectivity index is 1.93. The molecule has 1 aliphatic heterocycles. The maximum atomic E-state index is 11.5. The van der Waals surface area contributed by atoms with E-state index >= 15 is 0 Å². The van der Waals surface area contributed by atoms with Gasteiger partial charge in [-0.15, -0.1) is 11.3 Å². The predicted octanol–water partition coefficient (Wildman–Crippen LogP) is 3.23. The lowest BCUT2D eigenvalue weighted by atomic mass is 10.2. The van der Waals surface area contributed by atoms with Crippen molar-refractivity contribution in [2.45, 2.75) is 6.42 Å². The van der Waals surface area contributed by atoms with E-state index in [0.29, 0.717) is 4.88 Å². The lowest BCUT2D eigenvalue weighted by Gasteiger charge is -2.17. The van der Waals surface area contributed by atoms with Crippen molar-refractivity contribution in [3.05, 3.63) is 46.2 Å². The molecule has 92 valence electrons. The summed E-state index contributed by atoms with van der Waals surface area (Å²) >= 11 is 1.43. The topological polar surface area (TPSA) is 29.5 Å². The molecule has 0 unspecified atom stereocenters. The Morgan fingerprint density at radius 3 is 3.06 bits per heavy atom.